The van der Waals surface area contributed by atoms with E-state index in [-0.39, 0.29) is 17.5 Å². The Kier molecular flexibility index (Phi) is 5.08. The van der Waals surface area contributed by atoms with Crippen molar-refractivity contribution >= 4 is 0 Å². The number of rotatable bonds is 6. The van der Waals surface area contributed by atoms with E-state index in [1.54, 1.807) is 12.1 Å². The summed E-state index contributed by atoms with van der Waals surface area (Å²) < 4.78 is 0. The Morgan fingerprint density at radius 2 is 1.79 bits per heavy atom. The molecule has 1 aromatic carbocycles. The molecule has 1 atom stereocenters. The van der Waals surface area contributed by atoms with Crippen LogP contribution in [-0.4, -0.2) is 16.8 Å². The summed E-state index contributed by atoms with van der Waals surface area (Å²) in [5, 5.41) is 22.4. The van der Waals surface area contributed by atoms with Crippen LogP contribution in [0.25, 0.3) is 0 Å². The van der Waals surface area contributed by atoms with Gasteiger partial charge in [0.2, 0.25) is 0 Å². The molecule has 1 aromatic rings. The van der Waals surface area contributed by atoms with E-state index in [9.17, 15) is 10.2 Å². The Hall–Kier alpha value is -1.22. The van der Waals surface area contributed by atoms with Crippen LogP contribution in [0.15, 0.2) is 18.2 Å². The molecule has 0 aromatic heterocycles. The van der Waals surface area contributed by atoms with Crippen LogP contribution in [0.5, 0.6) is 11.5 Å². The third-order valence-electron chi connectivity index (χ3n) is 4.14. The van der Waals surface area contributed by atoms with Gasteiger partial charge in [0.05, 0.1) is 0 Å². The van der Waals surface area contributed by atoms with Crippen LogP contribution >= 0.6 is 0 Å². The van der Waals surface area contributed by atoms with Gasteiger partial charge in [-0.2, -0.15) is 0 Å². The normalized spacial score (nSPS) is 17.7. The largest absolute Gasteiger partial charge is 0.508 e. The summed E-state index contributed by atoms with van der Waals surface area (Å²) in [5.41, 5.74) is 0.929. The van der Waals surface area contributed by atoms with Crippen molar-refractivity contribution < 1.29 is 10.2 Å². The summed E-state index contributed by atoms with van der Waals surface area (Å²) in [6.07, 6.45) is 8.19. The van der Waals surface area contributed by atoms with Crippen molar-refractivity contribution in [2.24, 2.45) is 5.92 Å². The van der Waals surface area contributed by atoms with Gasteiger partial charge in [0.25, 0.3) is 0 Å². The molecule has 1 aliphatic carbocycles. The van der Waals surface area contributed by atoms with E-state index in [0.29, 0.717) is 0 Å². The molecule has 0 radical (unpaired) electrons. The Morgan fingerprint density at radius 3 is 2.42 bits per heavy atom. The fourth-order valence-electron chi connectivity index (χ4n) is 2.99. The second kappa shape index (κ2) is 6.80. The van der Waals surface area contributed by atoms with Crippen molar-refractivity contribution in [3.8, 4) is 11.5 Å². The van der Waals surface area contributed by atoms with Gasteiger partial charge in [0.1, 0.15) is 11.5 Å². The minimum Gasteiger partial charge on any atom is -0.508 e. The van der Waals surface area contributed by atoms with E-state index in [1.807, 2.05) is 0 Å². The zero-order valence-electron chi connectivity index (χ0n) is 11.7. The highest BCUT2D eigenvalue weighted by molar-refractivity contribution is 5.37. The van der Waals surface area contributed by atoms with Crippen molar-refractivity contribution in [1.82, 2.24) is 5.32 Å². The third kappa shape index (κ3) is 4.43. The molecule has 0 saturated heterocycles. The van der Waals surface area contributed by atoms with Crippen LogP contribution in [0.4, 0.5) is 0 Å². The first kappa shape index (κ1) is 14.2. The van der Waals surface area contributed by atoms with Gasteiger partial charge in [-0.1, -0.05) is 25.7 Å². The average molecular weight is 263 g/mol. The van der Waals surface area contributed by atoms with Crippen molar-refractivity contribution in [2.75, 3.05) is 6.54 Å². The van der Waals surface area contributed by atoms with Crippen LogP contribution in [0, 0.1) is 5.92 Å². The number of nitrogens with one attached hydrogen (secondary N) is 1. The highest BCUT2D eigenvalue weighted by atomic mass is 16.3. The molecule has 0 heterocycles. The SMILES string of the molecule is CC(NCCCC1CCCC1)c1cc(O)cc(O)c1. The Balaban J connectivity index is 1.72. The summed E-state index contributed by atoms with van der Waals surface area (Å²) in [4.78, 5) is 0. The second-order valence-electron chi connectivity index (χ2n) is 5.75. The molecule has 0 aliphatic heterocycles. The van der Waals surface area contributed by atoms with Gasteiger partial charge in [-0.15, -0.1) is 0 Å². The standard InChI is InChI=1S/C16H25NO2/c1-12(14-9-15(18)11-16(19)10-14)17-8-4-7-13-5-2-3-6-13/h9-13,17-19H,2-8H2,1H3. The molecule has 1 aliphatic rings. The van der Waals surface area contributed by atoms with E-state index in [2.05, 4.69) is 12.2 Å². The third-order valence-corrected chi connectivity index (χ3v) is 4.14. The zero-order valence-corrected chi connectivity index (χ0v) is 11.7. The van der Waals surface area contributed by atoms with E-state index >= 15 is 0 Å². The monoisotopic (exact) mass is 263 g/mol. The van der Waals surface area contributed by atoms with Crippen LogP contribution in [0.1, 0.15) is 57.1 Å². The first-order valence-electron chi connectivity index (χ1n) is 7.41. The van der Waals surface area contributed by atoms with Gasteiger partial charge in [0, 0.05) is 12.1 Å². The maximum Gasteiger partial charge on any atom is 0.119 e. The Morgan fingerprint density at radius 1 is 1.16 bits per heavy atom. The van der Waals surface area contributed by atoms with Crippen LogP contribution < -0.4 is 5.32 Å². The Bertz CT molecular complexity index is 379. The number of phenols is 2. The first-order chi connectivity index (χ1) is 9.15. The van der Waals surface area contributed by atoms with Crippen LogP contribution in [0.2, 0.25) is 0 Å². The van der Waals surface area contributed by atoms with E-state index in [1.165, 1.54) is 44.6 Å². The predicted octanol–water partition coefficient (Wildman–Crippen LogP) is 3.72. The maximum absolute atomic E-state index is 9.47. The molecule has 0 amide bonds. The molecule has 1 unspecified atom stereocenters. The predicted molar refractivity (Wildman–Crippen MR) is 77.4 cm³/mol. The number of hydrogen-bond donors (Lipinski definition) is 3. The average Bonchev–Trinajstić information content (AvgIpc) is 2.86. The van der Waals surface area contributed by atoms with Crippen LogP contribution in [-0.2, 0) is 0 Å². The second-order valence-corrected chi connectivity index (χ2v) is 5.75. The number of phenolic OH excluding ortho intramolecular Hbond substituents is 2. The lowest BCUT2D eigenvalue weighted by atomic mass is 10.0. The maximum atomic E-state index is 9.47. The fraction of sp³-hybridized carbons (Fsp3) is 0.625. The number of aromatic hydroxyl groups is 2. The lowest BCUT2D eigenvalue weighted by molar-refractivity contribution is 0.441. The summed E-state index contributed by atoms with van der Waals surface area (Å²) in [6, 6.07) is 4.92. The van der Waals surface area contributed by atoms with E-state index in [4.69, 9.17) is 0 Å². The lowest BCUT2D eigenvalue weighted by Crippen LogP contribution is -2.20. The minimum absolute atomic E-state index is 0.120. The quantitative estimate of drug-likeness (QED) is 0.686. The van der Waals surface area contributed by atoms with E-state index in [0.717, 1.165) is 18.0 Å². The summed E-state index contributed by atoms with van der Waals surface area (Å²) in [5.74, 6) is 1.19. The highest BCUT2D eigenvalue weighted by Crippen LogP contribution is 2.28. The smallest absolute Gasteiger partial charge is 0.119 e. The summed E-state index contributed by atoms with van der Waals surface area (Å²) in [7, 11) is 0. The molecule has 0 bridgehead atoms. The van der Waals surface area contributed by atoms with E-state index < -0.39 is 0 Å². The molecular weight excluding hydrogens is 238 g/mol. The van der Waals surface area contributed by atoms with Crippen LogP contribution in [0.3, 0.4) is 0 Å². The minimum atomic E-state index is 0.120. The zero-order chi connectivity index (χ0) is 13.7. The lowest BCUT2D eigenvalue weighted by Gasteiger charge is -2.16. The molecule has 3 N–H and O–H groups in total. The molecule has 2 rings (SSSR count). The topological polar surface area (TPSA) is 52.5 Å². The molecule has 0 spiro atoms. The molecule has 106 valence electrons. The number of benzene rings is 1. The van der Waals surface area contributed by atoms with Gasteiger partial charge >= 0.3 is 0 Å². The van der Waals surface area contributed by atoms with Gasteiger partial charge in [-0.3, -0.25) is 0 Å². The molecule has 1 fully saturated rings. The van der Waals surface area contributed by atoms with Crippen molar-refractivity contribution in [2.45, 2.75) is 51.5 Å². The van der Waals surface area contributed by atoms with Gasteiger partial charge < -0.3 is 15.5 Å². The molecule has 3 nitrogen and oxygen atoms in total. The number of hydrogen-bond acceptors (Lipinski definition) is 3. The fourth-order valence-corrected chi connectivity index (χ4v) is 2.99. The summed E-state index contributed by atoms with van der Waals surface area (Å²) in [6.45, 7) is 3.05. The van der Waals surface area contributed by atoms with Gasteiger partial charge in [-0.05, 0) is 49.9 Å². The molecule has 19 heavy (non-hydrogen) atoms. The summed E-state index contributed by atoms with van der Waals surface area (Å²) >= 11 is 0. The highest BCUT2D eigenvalue weighted by Gasteiger charge is 2.14. The molecule has 1 saturated carbocycles. The van der Waals surface area contributed by atoms with Crippen molar-refractivity contribution in [1.29, 1.82) is 0 Å². The van der Waals surface area contributed by atoms with Gasteiger partial charge in [0.15, 0.2) is 0 Å². The molecule has 3 heteroatoms. The Labute approximate surface area is 115 Å². The van der Waals surface area contributed by atoms with Crippen molar-refractivity contribution in [3.63, 3.8) is 0 Å². The first-order valence-corrected chi connectivity index (χ1v) is 7.41. The molecular formula is C16H25NO2. The van der Waals surface area contributed by atoms with Gasteiger partial charge in [-0.25, -0.2) is 0 Å². The van der Waals surface area contributed by atoms with Crippen molar-refractivity contribution in [3.05, 3.63) is 23.8 Å².